The lowest BCUT2D eigenvalue weighted by atomic mass is 10.3. The second-order valence-electron chi connectivity index (χ2n) is 11.8. The third-order valence-electron chi connectivity index (χ3n) is 8.58. The number of hydrogen-bond donors (Lipinski definition) is 0. The average Bonchev–Trinajstić information content (AvgIpc) is 3.16. The molecule has 0 aliphatic heterocycles. The van der Waals surface area contributed by atoms with Crippen molar-refractivity contribution in [3.63, 3.8) is 0 Å². The molecule has 0 aliphatic carbocycles. The minimum atomic E-state index is -3.05. The Labute approximate surface area is 297 Å². The molecule has 52 heavy (non-hydrogen) atoms. The highest BCUT2D eigenvalue weighted by Crippen LogP contribution is 2.51. The van der Waals surface area contributed by atoms with E-state index in [9.17, 15) is 26.3 Å². The first kappa shape index (κ1) is 35.0. The molecular formula is C42H28F6N2P2. The molecule has 7 aromatic carbocycles. The van der Waals surface area contributed by atoms with Gasteiger partial charge in [0.2, 0.25) is 0 Å². The summed E-state index contributed by atoms with van der Waals surface area (Å²) in [6.45, 7) is 0. The molecule has 7 aromatic rings. The van der Waals surface area contributed by atoms with Crippen LogP contribution in [0.15, 0.2) is 179 Å². The number of nitrogens with zero attached hydrogens (tertiary/aromatic N) is 2. The van der Waals surface area contributed by atoms with Gasteiger partial charge < -0.3 is 0 Å². The minimum Gasteiger partial charge on any atom is -0.254 e. The average molecular weight is 737 g/mol. The summed E-state index contributed by atoms with van der Waals surface area (Å²) in [5.41, 5.74) is 1.03. The SMILES string of the molecule is Fc1ccc(P(=Nc2ccc(N=P(c3ccc(F)cc3)(c3ccc(F)cc3)c3ccc(F)cc3)cc2)(c2ccc(F)cc2)c2ccc(F)cc2)cc1. The lowest BCUT2D eigenvalue weighted by molar-refractivity contribution is 0.627. The van der Waals surface area contributed by atoms with E-state index >= 15 is 0 Å². The van der Waals surface area contributed by atoms with E-state index in [-0.39, 0.29) is 0 Å². The van der Waals surface area contributed by atoms with Crippen LogP contribution in [0.2, 0.25) is 0 Å². The second kappa shape index (κ2) is 14.7. The molecule has 0 amide bonds. The largest absolute Gasteiger partial charge is 0.254 e. The van der Waals surface area contributed by atoms with Gasteiger partial charge in [0.05, 0.1) is 25.5 Å². The van der Waals surface area contributed by atoms with Gasteiger partial charge in [-0.15, -0.1) is 0 Å². The van der Waals surface area contributed by atoms with E-state index in [1.165, 1.54) is 72.8 Å². The van der Waals surface area contributed by atoms with Crippen molar-refractivity contribution in [2.45, 2.75) is 0 Å². The maximum absolute atomic E-state index is 14.2. The van der Waals surface area contributed by atoms with Crippen LogP contribution in [0.5, 0.6) is 0 Å². The lowest BCUT2D eigenvalue weighted by Gasteiger charge is -2.27. The quantitative estimate of drug-likeness (QED) is 0.110. The summed E-state index contributed by atoms with van der Waals surface area (Å²) in [6.07, 6.45) is 0. The van der Waals surface area contributed by atoms with Gasteiger partial charge in [0, 0.05) is 31.8 Å². The van der Waals surface area contributed by atoms with Crippen molar-refractivity contribution in [3.05, 3.63) is 205 Å². The molecule has 258 valence electrons. The van der Waals surface area contributed by atoms with E-state index in [1.54, 1.807) is 97.1 Å². The van der Waals surface area contributed by atoms with Crippen LogP contribution in [-0.4, -0.2) is 0 Å². The first-order chi connectivity index (χ1) is 25.2. The van der Waals surface area contributed by atoms with Gasteiger partial charge in [0.15, 0.2) is 0 Å². The molecule has 0 saturated heterocycles. The zero-order valence-electron chi connectivity index (χ0n) is 27.2. The van der Waals surface area contributed by atoms with Crippen LogP contribution in [0.1, 0.15) is 0 Å². The van der Waals surface area contributed by atoms with Crippen LogP contribution in [-0.2, 0) is 0 Å². The molecule has 7 rings (SSSR count). The van der Waals surface area contributed by atoms with E-state index in [0.717, 1.165) is 0 Å². The maximum Gasteiger partial charge on any atom is 0.123 e. The molecule has 0 bridgehead atoms. The monoisotopic (exact) mass is 736 g/mol. The van der Waals surface area contributed by atoms with Crippen LogP contribution in [0.25, 0.3) is 0 Å². The molecule has 10 heteroatoms. The van der Waals surface area contributed by atoms with Crippen LogP contribution in [0.3, 0.4) is 0 Å². The molecule has 0 heterocycles. The topological polar surface area (TPSA) is 24.7 Å². The van der Waals surface area contributed by atoms with Crippen molar-refractivity contribution in [1.82, 2.24) is 0 Å². The van der Waals surface area contributed by atoms with E-state index in [0.29, 0.717) is 43.2 Å². The molecule has 0 saturated carbocycles. The Hall–Kier alpha value is -5.42. The van der Waals surface area contributed by atoms with E-state index in [1.807, 2.05) is 0 Å². The highest BCUT2D eigenvalue weighted by molar-refractivity contribution is 7.88. The first-order valence-corrected chi connectivity index (χ1v) is 19.6. The van der Waals surface area contributed by atoms with Crippen LogP contribution < -0.4 is 31.8 Å². The van der Waals surface area contributed by atoms with Crippen LogP contribution >= 0.6 is 14.1 Å². The maximum atomic E-state index is 14.2. The molecule has 0 radical (unpaired) electrons. The molecule has 0 fully saturated rings. The fourth-order valence-corrected chi connectivity index (χ4v) is 13.0. The third kappa shape index (κ3) is 6.92. The van der Waals surface area contributed by atoms with Crippen LogP contribution in [0, 0.1) is 34.9 Å². The number of hydrogen-bond acceptors (Lipinski definition) is 2. The minimum absolute atomic E-state index is 0.443. The van der Waals surface area contributed by atoms with Gasteiger partial charge in [0.25, 0.3) is 0 Å². The third-order valence-corrected chi connectivity index (χ3v) is 15.9. The first-order valence-electron chi connectivity index (χ1n) is 16.1. The fourth-order valence-electron chi connectivity index (χ4n) is 6.11. The van der Waals surface area contributed by atoms with Crippen molar-refractivity contribution in [2.75, 3.05) is 0 Å². The normalized spacial score (nSPS) is 11.7. The van der Waals surface area contributed by atoms with Crippen molar-refractivity contribution in [3.8, 4) is 0 Å². The standard InChI is InChI=1S/C42H28F6N2P2/c43-29-1-17-37(18-2-29)51(38-19-3-30(44)4-20-38,39-21-5-31(45)6-22-39)49-35-13-15-36(16-14-35)50-52(40-23-7-32(46)8-24-40,41-25-9-33(47)10-26-41)42-27-11-34(48)12-28-42/h1-28H. The van der Waals surface area contributed by atoms with Gasteiger partial charge >= 0.3 is 0 Å². The Morgan fingerprint density at radius 3 is 0.538 bits per heavy atom. The van der Waals surface area contributed by atoms with Gasteiger partial charge in [0.1, 0.15) is 34.9 Å². The molecule has 0 atom stereocenters. The van der Waals surface area contributed by atoms with Gasteiger partial charge in [-0.3, -0.25) is 9.49 Å². The van der Waals surface area contributed by atoms with Crippen molar-refractivity contribution in [1.29, 1.82) is 0 Å². The Morgan fingerprint density at radius 2 is 0.385 bits per heavy atom. The van der Waals surface area contributed by atoms with Crippen LogP contribution in [0.4, 0.5) is 37.7 Å². The summed E-state index contributed by atoms with van der Waals surface area (Å²) < 4.78 is 96.1. The molecular weight excluding hydrogens is 708 g/mol. The second-order valence-corrected chi connectivity index (χ2v) is 17.9. The van der Waals surface area contributed by atoms with E-state index < -0.39 is 49.0 Å². The Bertz CT molecular complexity index is 2020. The highest BCUT2D eigenvalue weighted by Gasteiger charge is 2.30. The summed E-state index contributed by atoms with van der Waals surface area (Å²) in [7, 11) is -6.11. The van der Waals surface area contributed by atoms with E-state index in [2.05, 4.69) is 0 Å². The number of rotatable bonds is 8. The molecule has 0 spiro atoms. The summed E-state index contributed by atoms with van der Waals surface area (Å²) >= 11 is 0. The van der Waals surface area contributed by atoms with E-state index in [4.69, 9.17) is 9.49 Å². The van der Waals surface area contributed by atoms with Gasteiger partial charge in [-0.2, -0.15) is 0 Å². The summed E-state index contributed by atoms with van der Waals surface area (Å²) in [6, 6.07) is 42.6. The predicted molar refractivity (Wildman–Crippen MR) is 201 cm³/mol. The Balaban J connectivity index is 1.48. The summed E-state index contributed by atoms with van der Waals surface area (Å²) in [4.78, 5) is 0. The van der Waals surface area contributed by atoms with Gasteiger partial charge in [-0.25, -0.2) is 26.3 Å². The number of benzene rings is 7. The van der Waals surface area contributed by atoms with Gasteiger partial charge in [-0.05, 0) is 170 Å². The fraction of sp³-hybridized carbons (Fsp3) is 0. The van der Waals surface area contributed by atoms with Crippen molar-refractivity contribution >= 4 is 57.3 Å². The lowest BCUT2D eigenvalue weighted by Crippen LogP contribution is -2.25. The zero-order chi connectivity index (χ0) is 36.3. The molecule has 0 aromatic heterocycles. The summed E-state index contributed by atoms with van der Waals surface area (Å²) in [5, 5.41) is 3.97. The zero-order valence-corrected chi connectivity index (χ0v) is 29.0. The molecule has 2 nitrogen and oxygen atoms in total. The predicted octanol–water partition coefficient (Wildman–Crippen LogP) is 10.1. The van der Waals surface area contributed by atoms with Crippen molar-refractivity contribution in [2.24, 2.45) is 9.49 Å². The number of halogens is 6. The molecule has 0 aliphatic rings. The molecule has 0 N–H and O–H groups in total. The van der Waals surface area contributed by atoms with Gasteiger partial charge in [-0.1, -0.05) is 0 Å². The molecule has 0 unspecified atom stereocenters. The Kier molecular flexibility index (Phi) is 9.87. The summed E-state index contributed by atoms with van der Waals surface area (Å²) in [5.74, 6) is -2.66. The highest BCUT2D eigenvalue weighted by atomic mass is 31.2. The smallest absolute Gasteiger partial charge is 0.123 e. The Morgan fingerprint density at radius 1 is 0.231 bits per heavy atom. The van der Waals surface area contributed by atoms with Crippen molar-refractivity contribution < 1.29 is 26.3 Å².